The van der Waals surface area contributed by atoms with E-state index in [1.807, 2.05) is 38.1 Å². The maximum Gasteiger partial charge on any atom is 0.0488 e. The molecule has 0 amide bonds. The van der Waals surface area contributed by atoms with Gasteiger partial charge in [-0.2, -0.15) is 0 Å². The summed E-state index contributed by atoms with van der Waals surface area (Å²) in [7, 11) is -0.774. The first kappa shape index (κ1) is 11.4. The van der Waals surface area contributed by atoms with Crippen molar-refractivity contribution in [1.82, 2.24) is 0 Å². The van der Waals surface area contributed by atoms with Crippen molar-refractivity contribution in [2.75, 3.05) is 0 Å². The molecule has 0 aliphatic heterocycles. The highest BCUT2D eigenvalue weighted by Gasteiger charge is 2.06. The summed E-state index contributed by atoms with van der Waals surface area (Å²) < 4.78 is 11.6. The van der Waals surface area contributed by atoms with Crippen LogP contribution in [0.25, 0.3) is 0 Å². The van der Waals surface area contributed by atoms with Crippen molar-refractivity contribution in [3.05, 3.63) is 35.4 Å². The van der Waals surface area contributed by atoms with Gasteiger partial charge < -0.3 is 5.73 Å². The number of benzene rings is 1. The van der Waals surface area contributed by atoms with Crippen LogP contribution in [0.15, 0.2) is 24.3 Å². The summed E-state index contributed by atoms with van der Waals surface area (Å²) in [6, 6.07) is 7.98. The highest BCUT2D eigenvalue weighted by atomic mass is 32.2. The molecule has 0 bridgehead atoms. The second-order valence-electron chi connectivity index (χ2n) is 3.60. The first-order chi connectivity index (χ1) is 6.63. The van der Waals surface area contributed by atoms with E-state index in [0.29, 0.717) is 12.3 Å². The van der Waals surface area contributed by atoms with Gasteiger partial charge in [0.15, 0.2) is 0 Å². The van der Waals surface area contributed by atoms with E-state index in [4.69, 9.17) is 5.73 Å². The lowest BCUT2D eigenvalue weighted by Crippen LogP contribution is -2.08. The van der Waals surface area contributed by atoms with Gasteiger partial charge in [-0.3, -0.25) is 4.21 Å². The molecule has 0 radical (unpaired) electrons. The summed E-state index contributed by atoms with van der Waals surface area (Å²) in [5.41, 5.74) is 7.74. The van der Waals surface area contributed by atoms with Gasteiger partial charge in [-0.25, -0.2) is 0 Å². The molecule has 1 rings (SSSR count). The molecule has 1 unspecified atom stereocenters. The smallest absolute Gasteiger partial charge is 0.0488 e. The Morgan fingerprint density at radius 2 is 2.00 bits per heavy atom. The number of nitrogens with two attached hydrogens (primary N) is 1. The minimum absolute atomic E-state index is 0.219. The largest absolute Gasteiger partial charge is 0.326 e. The van der Waals surface area contributed by atoms with E-state index in [1.165, 1.54) is 0 Å². The molecule has 0 aliphatic rings. The molecule has 0 aliphatic carbocycles. The third-order valence-corrected chi connectivity index (χ3v) is 3.73. The lowest BCUT2D eigenvalue weighted by molar-refractivity contribution is 0.676. The van der Waals surface area contributed by atoms with Crippen molar-refractivity contribution in [3.63, 3.8) is 0 Å². The molecule has 1 aromatic carbocycles. The third kappa shape index (κ3) is 3.24. The zero-order valence-corrected chi connectivity index (χ0v) is 9.51. The minimum atomic E-state index is -0.774. The molecule has 14 heavy (non-hydrogen) atoms. The van der Waals surface area contributed by atoms with Crippen LogP contribution < -0.4 is 5.73 Å². The maximum atomic E-state index is 11.6. The summed E-state index contributed by atoms with van der Waals surface area (Å²) >= 11 is 0. The highest BCUT2D eigenvalue weighted by Crippen LogP contribution is 2.09. The Labute approximate surface area is 88.0 Å². The van der Waals surface area contributed by atoms with Crippen LogP contribution in [0, 0.1) is 0 Å². The number of hydrogen-bond donors (Lipinski definition) is 1. The number of rotatable bonds is 4. The first-order valence-electron chi connectivity index (χ1n) is 4.78. The predicted molar refractivity (Wildman–Crippen MR) is 61.3 cm³/mol. The second kappa shape index (κ2) is 5.27. The molecule has 2 N–H and O–H groups in total. The van der Waals surface area contributed by atoms with Gasteiger partial charge in [-0.15, -0.1) is 0 Å². The average molecular weight is 211 g/mol. The lowest BCUT2D eigenvalue weighted by Gasteiger charge is -2.06. The van der Waals surface area contributed by atoms with Gasteiger partial charge in [0.2, 0.25) is 0 Å². The Balaban J connectivity index is 2.72. The Morgan fingerprint density at radius 1 is 1.36 bits per heavy atom. The monoisotopic (exact) mass is 211 g/mol. The van der Waals surface area contributed by atoms with Crippen molar-refractivity contribution >= 4 is 10.8 Å². The Hall–Kier alpha value is -0.670. The normalized spacial score (nSPS) is 13.1. The van der Waals surface area contributed by atoms with Crippen molar-refractivity contribution in [3.8, 4) is 0 Å². The van der Waals surface area contributed by atoms with Crippen molar-refractivity contribution in [2.45, 2.75) is 31.4 Å². The fourth-order valence-corrected chi connectivity index (χ4v) is 2.02. The molecule has 0 aromatic heterocycles. The van der Waals surface area contributed by atoms with Crippen LogP contribution in [0.1, 0.15) is 25.0 Å². The van der Waals surface area contributed by atoms with Gasteiger partial charge in [0.25, 0.3) is 0 Å². The summed E-state index contributed by atoms with van der Waals surface area (Å²) in [6.07, 6.45) is 0. The summed E-state index contributed by atoms with van der Waals surface area (Å²) in [5.74, 6) is 0.630. The molecule has 0 heterocycles. The SMILES string of the molecule is CC(C)S(=O)Cc1cccc(CN)c1. The van der Waals surface area contributed by atoms with E-state index in [9.17, 15) is 4.21 Å². The Bertz CT molecular complexity index is 323. The molecular weight excluding hydrogens is 194 g/mol. The van der Waals surface area contributed by atoms with Gasteiger partial charge in [-0.1, -0.05) is 38.1 Å². The van der Waals surface area contributed by atoms with Crippen LogP contribution >= 0.6 is 0 Å². The molecule has 2 nitrogen and oxygen atoms in total. The molecule has 78 valence electrons. The average Bonchev–Trinajstić information content (AvgIpc) is 2.18. The molecule has 1 aromatic rings. The van der Waals surface area contributed by atoms with Gasteiger partial charge >= 0.3 is 0 Å². The van der Waals surface area contributed by atoms with E-state index in [-0.39, 0.29) is 5.25 Å². The van der Waals surface area contributed by atoms with Crippen LogP contribution in [0.3, 0.4) is 0 Å². The Kier molecular flexibility index (Phi) is 4.29. The topological polar surface area (TPSA) is 43.1 Å². The molecule has 1 atom stereocenters. The quantitative estimate of drug-likeness (QED) is 0.825. The summed E-state index contributed by atoms with van der Waals surface area (Å²) in [4.78, 5) is 0. The third-order valence-electron chi connectivity index (χ3n) is 2.06. The second-order valence-corrected chi connectivity index (χ2v) is 5.59. The van der Waals surface area contributed by atoms with Crippen LogP contribution in [0.4, 0.5) is 0 Å². The Morgan fingerprint density at radius 3 is 2.57 bits per heavy atom. The van der Waals surface area contributed by atoms with Gasteiger partial charge in [0, 0.05) is 28.3 Å². The van der Waals surface area contributed by atoms with Gasteiger partial charge in [0.1, 0.15) is 0 Å². The molecule has 0 saturated carbocycles. The van der Waals surface area contributed by atoms with E-state index in [1.54, 1.807) is 0 Å². The predicted octanol–water partition coefficient (Wildman–Crippen LogP) is 1.80. The lowest BCUT2D eigenvalue weighted by atomic mass is 10.1. The highest BCUT2D eigenvalue weighted by molar-refractivity contribution is 7.84. The van der Waals surface area contributed by atoms with Crippen molar-refractivity contribution < 1.29 is 4.21 Å². The standard InChI is InChI=1S/C11H17NOS/c1-9(2)14(13)8-11-5-3-4-10(6-11)7-12/h3-6,9H,7-8,12H2,1-2H3. The van der Waals surface area contributed by atoms with Gasteiger partial charge in [-0.05, 0) is 11.1 Å². The van der Waals surface area contributed by atoms with Crippen LogP contribution in [-0.2, 0) is 23.1 Å². The van der Waals surface area contributed by atoms with E-state index >= 15 is 0 Å². The molecular formula is C11H17NOS. The molecule has 0 spiro atoms. The molecule has 3 heteroatoms. The molecule has 0 saturated heterocycles. The van der Waals surface area contributed by atoms with Crippen LogP contribution in [0.5, 0.6) is 0 Å². The van der Waals surface area contributed by atoms with E-state index in [0.717, 1.165) is 11.1 Å². The van der Waals surface area contributed by atoms with E-state index in [2.05, 4.69) is 0 Å². The van der Waals surface area contributed by atoms with Crippen molar-refractivity contribution in [2.24, 2.45) is 5.73 Å². The van der Waals surface area contributed by atoms with Gasteiger partial charge in [0.05, 0.1) is 0 Å². The first-order valence-corrected chi connectivity index (χ1v) is 6.16. The van der Waals surface area contributed by atoms with Crippen molar-refractivity contribution in [1.29, 1.82) is 0 Å². The minimum Gasteiger partial charge on any atom is -0.326 e. The summed E-state index contributed by atoms with van der Waals surface area (Å²) in [6.45, 7) is 4.49. The van der Waals surface area contributed by atoms with Crippen LogP contribution in [0.2, 0.25) is 0 Å². The zero-order chi connectivity index (χ0) is 10.6. The molecule has 0 fully saturated rings. The van der Waals surface area contributed by atoms with E-state index < -0.39 is 10.8 Å². The van der Waals surface area contributed by atoms with Crippen LogP contribution in [-0.4, -0.2) is 9.46 Å². The zero-order valence-electron chi connectivity index (χ0n) is 8.69. The fourth-order valence-electron chi connectivity index (χ4n) is 1.18. The number of hydrogen-bond acceptors (Lipinski definition) is 2. The summed E-state index contributed by atoms with van der Waals surface area (Å²) in [5, 5.41) is 0.219. The fraction of sp³-hybridized carbons (Fsp3) is 0.455. The maximum absolute atomic E-state index is 11.6.